The summed E-state index contributed by atoms with van der Waals surface area (Å²) in [6.45, 7) is 5.57. The molecule has 1 aromatic carbocycles. The number of anilines is 1. The van der Waals surface area contributed by atoms with Gasteiger partial charge in [0.25, 0.3) is 10.0 Å². The van der Waals surface area contributed by atoms with Gasteiger partial charge in [-0.3, -0.25) is 4.72 Å². The van der Waals surface area contributed by atoms with Crippen molar-refractivity contribution in [3.05, 3.63) is 40.5 Å². The Kier molecular flexibility index (Phi) is 3.65. The Morgan fingerprint density at radius 1 is 1.32 bits per heavy atom. The number of nitrogens with one attached hydrogen (secondary N) is 1. The Balaban J connectivity index is 2.08. The molecule has 0 radical (unpaired) electrons. The number of sulfonamides is 1. The molecule has 0 aliphatic carbocycles. The van der Waals surface area contributed by atoms with E-state index in [4.69, 9.17) is 0 Å². The van der Waals surface area contributed by atoms with Crippen LogP contribution in [0.2, 0.25) is 0 Å². The van der Waals surface area contributed by atoms with E-state index in [1.54, 1.807) is 19.1 Å². The largest absolute Gasteiger partial charge is 0.281 e. The summed E-state index contributed by atoms with van der Waals surface area (Å²) in [6, 6.07) is 7.22. The van der Waals surface area contributed by atoms with E-state index in [9.17, 15) is 8.42 Å². The fourth-order valence-electron chi connectivity index (χ4n) is 2.23. The molecule has 0 bridgehead atoms. The van der Waals surface area contributed by atoms with Crippen LogP contribution in [0.15, 0.2) is 29.3 Å². The second-order valence-electron chi connectivity index (χ2n) is 5.02. The number of fused-ring (bicyclic) bond motifs is 1. The highest BCUT2D eigenvalue weighted by Crippen LogP contribution is 2.24. The van der Waals surface area contributed by atoms with E-state index < -0.39 is 10.0 Å². The first kappa shape index (κ1) is 15.0. The van der Waals surface area contributed by atoms with Crippen LogP contribution in [0.5, 0.6) is 0 Å². The summed E-state index contributed by atoms with van der Waals surface area (Å²) in [5.74, 6) is 0. The third kappa shape index (κ3) is 2.59. The molecule has 3 aromatic rings. The molecule has 3 rings (SSSR count). The van der Waals surface area contributed by atoms with Crippen LogP contribution in [0.1, 0.15) is 23.2 Å². The second-order valence-corrected chi connectivity index (χ2v) is 7.66. The van der Waals surface area contributed by atoms with Gasteiger partial charge in [0, 0.05) is 5.69 Å². The molecule has 0 aliphatic rings. The number of rotatable bonds is 4. The zero-order chi connectivity index (χ0) is 15.9. The van der Waals surface area contributed by atoms with E-state index in [0.717, 1.165) is 17.0 Å². The molecular formula is C14H16N4O2S2. The Morgan fingerprint density at radius 3 is 2.77 bits per heavy atom. The first-order valence-corrected chi connectivity index (χ1v) is 9.15. The minimum Gasteiger partial charge on any atom is -0.278 e. The minimum absolute atomic E-state index is 0.0972. The summed E-state index contributed by atoms with van der Waals surface area (Å²) in [7, 11) is -3.74. The summed E-state index contributed by atoms with van der Waals surface area (Å²) in [4.78, 5) is 4.90. The highest BCUT2D eigenvalue weighted by atomic mass is 32.2. The molecule has 2 heterocycles. The van der Waals surface area contributed by atoms with Gasteiger partial charge in [-0.1, -0.05) is 30.4 Å². The van der Waals surface area contributed by atoms with E-state index in [1.165, 1.54) is 15.9 Å². The van der Waals surface area contributed by atoms with Gasteiger partial charge < -0.3 is 0 Å². The molecule has 0 atom stereocenters. The third-order valence-corrected chi connectivity index (χ3v) is 5.73. The van der Waals surface area contributed by atoms with Gasteiger partial charge >= 0.3 is 0 Å². The van der Waals surface area contributed by atoms with Crippen LogP contribution in [0, 0.1) is 13.8 Å². The monoisotopic (exact) mass is 336 g/mol. The van der Waals surface area contributed by atoms with Crippen LogP contribution in [-0.2, 0) is 16.4 Å². The van der Waals surface area contributed by atoms with E-state index in [0.29, 0.717) is 16.3 Å². The van der Waals surface area contributed by atoms with Crippen LogP contribution >= 0.6 is 11.3 Å². The lowest BCUT2D eigenvalue weighted by molar-refractivity contribution is 0.592. The molecule has 2 aromatic heterocycles. The average Bonchev–Trinajstić information content (AvgIpc) is 2.93. The summed E-state index contributed by atoms with van der Waals surface area (Å²) >= 11 is 1.41. The molecule has 0 amide bonds. The maximum atomic E-state index is 12.7. The van der Waals surface area contributed by atoms with Gasteiger partial charge in [0.2, 0.25) is 9.99 Å². The predicted molar refractivity (Wildman–Crippen MR) is 87.0 cm³/mol. The van der Waals surface area contributed by atoms with Gasteiger partial charge in [-0.2, -0.15) is 18.0 Å². The smallest absolute Gasteiger partial charge is 0.278 e. The standard InChI is InChI=1S/C14H16N4O2S2/c1-4-12-16-18-13(10(3)15-14(18)21-12)22(19,20)17-11-7-5-6-9(2)8-11/h5-8,17H,4H2,1-3H3. The molecule has 0 saturated carbocycles. The van der Waals surface area contributed by atoms with Crippen molar-refractivity contribution in [3.63, 3.8) is 0 Å². The number of aryl methyl sites for hydroxylation is 3. The van der Waals surface area contributed by atoms with Crippen LogP contribution < -0.4 is 4.72 Å². The zero-order valence-corrected chi connectivity index (χ0v) is 14.1. The summed E-state index contributed by atoms with van der Waals surface area (Å²) < 4.78 is 29.4. The van der Waals surface area contributed by atoms with Crippen molar-refractivity contribution in [1.29, 1.82) is 0 Å². The molecule has 1 N–H and O–H groups in total. The third-order valence-electron chi connectivity index (χ3n) is 3.19. The first-order valence-electron chi connectivity index (χ1n) is 6.85. The lowest BCUT2D eigenvalue weighted by Gasteiger charge is -2.08. The van der Waals surface area contributed by atoms with E-state index in [-0.39, 0.29) is 5.03 Å². The number of hydrogen-bond donors (Lipinski definition) is 1. The molecular weight excluding hydrogens is 320 g/mol. The number of nitrogens with zero attached hydrogens (tertiary/aromatic N) is 3. The average molecular weight is 336 g/mol. The fourth-order valence-corrected chi connectivity index (χ4v) is 4.49. The van der Waals surface area contributed by atoms with Gasteiger partial charge in [-0.05, 0) is 38.0 Å². The van der Waals surface area contributed by atoms with Crippen molar-refractivity contribution in [2.75, 3.05) is 4.72 Å². The predicted octanol–water partition coefficient (Wildman–Crippen LogP) is 2.77. The van der Waals surface area contributed by atoms with E-state index >= 15 is 0 Å². The number of hydrogen-bond acceptors (Lipinski definition) is 5. The molecule has 0 saturated heterocycles. The zero-order valence-electron chi connectivity index (χ0n) is 12.5. The Morgan fingerprint density at radius 2 is 2.09 bits per heavy atom. The van der Waals surface area contributed by atoms with Crippen molar-refractivity contribution in [2.24, 2.45) is 0 Å². The molecule has 0 aliphatic heterocycles. The van der Waals surface area contributed by atoms with Crippen LogP contribution in [-0.4, -0.2) is 23.0 Å². The fraction of sp³-hybridized carbons (Fsp3) is 0.286. The van der Waals surface area contributed by atoms with Crippen LogP contribution in [0.3, 0.4) is 0 Å². The maximum Gasteiger partial charge on any atom is 0.281 e. The maximum absolute atomic E-state index is 12.7. The summed E-state index contributed by atoms with van der Waals surface area (Å²) in [6.07, 6.45) is 0.748. The first-order chi connectivity index (χ1) is 10.4. The lowest BCUT2D eigenvalue weighted by Crippen LogP contribution is -2.16. The van der Waals surface area contributed by atoms with Crippen LogP contribution in [0.4, 0.5) is 5.69 Å². The van der Waals surface area contributed by atoms with Crippen molar-refractivity contribution in [2.45, 2.75) is 32.2 Å². The molecule has 116 valence electrons. The quantitative estimate of drug-likeness (QED) is 0.795. The number of imidazole rings is 1. The molecule has 8 heteroatoms. The van der Waals surface area contributed by atoms with E-state index in [1.807, 2.05) is 26.0 Å². The van der Waals surface area contributed by atoms with Crippen LogP contribution in [0.25, 0.3) is 4.96 Å². The topological polar surface area (TPSA) is 76.4 Å². The summed E-state index contributed by atoms with van der Waals surface area (Å²) in [5.41, 5.74) is 1.96. The number of aromatic nitrogens is 3. The normalized spacial score (nSPS) is 12.0. The lowest BCUT2D eigenvalue weighted by atomic mass is 10.2. The molecule has 22 heavy (non-hydrogen) atoms. The van der Waals surface area contributed by atoms with Crippen molar-refractivity contribution >= 4 is 32.0 Å². The van der Waals surface area contributed by atoms with Gasteiger partial charge in [0.1, 0.15) is 5.01 Å². The van der Waals surface area contributed by atoms with Gasteiger partial charge in [-0.15, -0.1) is 0 Å². The van der Waals surface area contributed by atoms with Crippen molar-refractivity contribution in [1.82, 2.24) is 14.6 Å². The van der Waals surface area contributed by atoms with Crippen molar-refractivity contribution < 1.29 is 8.42 Å². The SMILES string of the molecule is CCc1nn2c(S(=O)(=O)Nc3cccc(C)c3)c(C)nc2s1. The second kappa shape index (κ2) is 5.36. The highest BCUT2D eigenvalue weighted by molar-refractivity contribution is 7.92. The molecule has 0 fully saturated rings. The summed E-state index contributed by atoms with van der Waals surface area (Å²) in [5, 5.41) is 5.28. The van der Waals surface area contributed by atoms with Gasteiger partial charge in [0.05, 0.1) is 5.69 Å². The molecule has 6 nitrogen and oxygen atoms in total. The van der Waals surface area contributed by atoms with Gasteiger partial charge in [-0.25, -0.2) is 4.98 Å². The Bertz CT molecular complexity index is 941. The number of benzene rings is 1. The van der Waals surface area contributed by atoms with Crippen molar-refractivity contribution in [3.8, 4) is 0 Å². The molecule has 0 spiro atoms. The van der Waals surface area contributed by atoms with Gasteiger partial charge in [0.15, 0.2) is 0 Å². The Labute approximate surface area is 132 Å². The highest BCUT2D eigenvalue weighted by Gasteiger charge is 2.25. The molecule has 0 unspecified atom stereocenters. The van der Waals surface area contributed by atoms with E-state index in [2.05, 4.69) is 14.8 Å². The Hall–Kier alpha value is -1.93. The minimum atomic E-state index is -3.74.